The van der Waals surface area contributed by atoms with Crippen molar-refractivity contribution in [1.29, 1.82) is 0 Å². The average Bonchev–Trinajstić information content (AvgIpc) is 2.95. The predicted octanol–water partition coefficient (Wildman–Crippen LogP) is 1.57. The van der Waals surface area contributed by atoms with Crippen LogP contribution >= 0.6 is 0 Å². The molecule has 1 aromatic heterocycles. The van der Waals surface area contributed by atoms with E-state index in [9.17, 15) is 14.9 Å². The first-order chi connectivity index (χ1) is 10.0. The highest BCUT2D eigenvalue weighted by molar-refractivity contribution is 5.95. The first kappa shape index (κ1) is 13.1. The number of benzene rings is 1. The number of carbonyl (C=O) groups is 1. The minimum atomic E-state index is -0.678. The minimum absolute atomic E-state index is 0.0250. The molecule has 0 spiro atoms. The van der Waals surface area contributed by atoms with Gasteiger partial charge in [0.25, 0.3) is 5.91 Å². The van der Waals surface area contributed by atoms with Crippen LogP contribution in [0, 0.1) is 10.1 Å². The molecule has 1 aromatic carbocycles. The van der Waals surface area contributed by atoms with Gasteiger partial charge in [0.05, 0.1) is 17.8 Å². The van der Waals surface area contributed by atoms with Gasteiger partial charge in [0.1, 0.15) is 16.4 Å². The molecule has 1 aliphatic rings. The van der Waals surface area contributed by atoms with Crippen LogP contribution in [0.25, 0.3) is 0 Å². The second-order valence-electron chi connectivity index (χ2n) is 4.50. The van der Waals surface area contributed by atoms with Gasteiger partial charge in [-0.25, -0.2) is 0 Å². The van der Waals surface area contributed by atoms with Crippen molar-refractivity contribution in [1.82, 2.24) is 0 Å². The van der Waals surface area contributed by atoms with Crippen LogP contribution in [0.2, 0.25) is 0 Å². The number of nitrogens with zero attached hydrogens (tertiary/aromatic N) is 1. The van der Waals surface area contributed by atoms with Crippen molar-refractivity contribution in [3.8, 4) is 5.75 Å². The predicted molar refractivity (Wildman–Crippen MR) is 72.0 cm³/mol. The zero-order valence-electron chi connectivity index (χ0n) is 10.7. The highest BCUT2D eigenvalue weighted by atomic mass is 16.6. The highest BCUT2D eigenvalue weighted by Gasteiger charge is 2.21. The summed E-state index contributed by atoms with van der Waals surface area (Å²) in [7, 11) is 0. The molecule has 0 radical (unpaired) electrons. The van der Waals surface area contributed by atoms with E-state index in [1.54, 1.807) is 18.2 Å². The Bertz CT molecular complexity index is 724. The lowest BCUT2D eigenvalue weighted by Crippen LogP contribution is -2.25. The molecule has 1 unspecified atom stereocenters. The summed E-state index contributed by atoms with van der Waals surface area (Å²) in [6.45, 7) is -0.0250. The summed E-state index contributed by atoms with van der Waals surface area (Å²) in [5.74, 6) is 0.206. The topological polar surface area (TPSA) is 121 Å². The van der Waals surface area contributed by atoms with E-state index in [1.807, 2.05) is 0 Å². The van der Waals surface area contributed by atoms with Gasteiger partial charge in [-0.1, -0.05) is 6.07 Å². The Labute approximate surface area is 118 Å². The Morgan fingerprint density at radius 1 is 1.33 bits per heavy atom. The second kappa shape index (κ2) is 4.91. The summed E-state index contributed by atoms with van der Waals surface area (Å²) in [5, 5.41) is 13.3. The molecule has 8 heteroatoms. The summed E-state index contributed by atoms with van der Waals surface area (Å²) in [4.78, 5) is 21.3. The Hall–Kier alpha value is -2.87. The Morgan fingerprint density at radius 3 is 2.86 bits per heavy atom. The summed E-state index contributed by atoms with van der Waals surface area (Å²) < 4.78 is 10.3. The van der Waals surface area contributed by atoms with Gasteiger partial charge in [0.2, 0.25) is 0 Å². The maximum atomic E-state index is 11.3. The molecule has 2 aromatic rings. The molecule has 1 amide bonds. The van der Waals surface area contributed by atoms with Crippen LogP contribution in [-0.4, -0.2) is 17.4 Å². The molecular formula is C13H11N3O5. The third kappa shape index (κ3) is 2.43. The maximum Gasteiger partial charge on any atom is 0.433 e. The lowest BCUT2D eigenvalue weighted by atomic mass is 10.0. The molecule has 0 saturated heterocycles. The molecule has 21 heavy (non-hydrogen) atoms. The van der Waals surface area contributed by atoms with Crippen molar-refractivity contribution in [2.75, 3.05) is 11.9 Å². The van der Waals surface area contributed by atoms with Gasteiger partial charge >= 0.3 is 5.88 Å². The maximum absolute atomic E-state index is 11.3. The molecule has 108 valence electrons. The van der Waals surface area contributed by atoms with Crippen molar-refractivity contribution < 1.29 is 18.9 Å². The van der Waals surface area contributed by atoms with Gasteiger partial charge < -0.3 is 20.2 Å². The van der Waals surface area contributed by atoms with Gasteiger partial charge in [-0.15, -0.1) is 0 Å². The number of carbonyl (C=O) groups excluding carboxylic acids is 1. The number of hydrogen-bond acceptors (Lipinski definition) is 6. The first-order valence-corrected chi connectivity index (χ1v) is 6.11. The molecule has 2 heterocycles. The van der Waals surface area contributed by atoms with Crippen molar-refractivity contribution in [3.63, 3.8) is 0 Å². The zero-order chi connectivity index (χ0) is 15.0. The summed E-state index contributed by atoms with van der Waals surface area (Å²) in [6, 6.07) is 7.08. The first-order valence-electron chi connectivity index (χ1n) is 6.11. The van der Waals surface area contributed by atoms with Gasteiger partial charge in [-0.3, -0.25) is 14.9 Å². The third-order valence-electron chi connectivity index (χ3n) is 3.09. The van der Waals surface area contributed by atoms with Gasteiger partial charge in [-0.2, -0.15) is 0 Å². The molecule has 0 saturated carbocycles. The Kier molecular flexibility index (Phi) is 3.07. The average molecular weight is 289 g/mol. The van der Waals surface area contributed by atoms with E-state index in [-0.39, 0.29) is 24.2 Å². The number of amides is 1. The highest BCUT2D eigenvalue weighted by Crippen LogP contribution is 2.32. The van der Waals surface area contributed by atoms with Crippen molar-refractivity contribution in [3.05, 3.63) is 51.8 Å². The van der Waals surface area contributed by atoms with E-state index in [1.165, 1.54) is 12.1 Å². The normalized spacial score (nSPS) is 14.8. The Balaban J connectivity index is 1.90. The monoisotopic (exact) mass is 289 g/mol. The molecule has 1 aliphatic heterocycles. The van der Waals surface area contributed by atoms with E-state index in [0.29, 0.717) is 17.0 Å². The van der Waals surface area contributed by atoms with E-state index in [0.717, 1.165) is 0 Å². The minimum Gasteiger partial charge on any atom is -0.482 e. The fourth-order valence-electron chi connectivity index (χ4n) is 2.07. The number of anilines is 1. The third-order valence-corrected chi connectivity index (χ3v) is 3.09. The number of rotatable bonds is 3. The summed E-state index contributed by atoms with van der Waals surface area (Å²) in [6.07, 6.45) is 0. The number of fused-ring (bicyclic) bond motifs is 1. The summed E-state index contributed by atoms with van der Waals surface area (Å²) in [5.41, 5.74) is 7.18. The number of nitro groups is 1. The number of ether oxygens (including phenoxy) is 1. The Morgan fingerprint density at radius 2 is 2.14 bits per heavy atom. The zero-order valence-corrected chi connectivity index (χ0v) is 10.7. The van der Waals surface area contributed by atoms with E-state index < -0.39 is 11.0 Å². The second-order valence-corrected chi connectivity index (χ2v) is 4.50. The molecule has 3 N–H and O–H groups in total. The number of hydrogen-bond donors (Lipinski definition) is 2. The van der Waals surface area contributed by atoms with Gasteiger partial charge in [0.15, 0.2) is 6.61 Å². The summed E-state index contributed by atoms with van der Waals surface area (Å²) >= 11 is 0. The molecule has 0 fully saturated rings. The molecule has 1 atom stereocenters. The number of furan rings is 1. The molecule has 0 aliphatic carbocycles. The number of nitrogens with one attached hydrogen (secondary N) is 1. The SMILES string of the molecule is NC(c1ccc2c(c1)NC(=O)CO2)c1ccc([N+](=O)[O-])o1. The van der Waals surface area contributed by atoms with Crippen LogP contribution in [0.3, 0.4) is 0 Å². The fraction of sp³-hybridized carbons (Fsp3) is 0.154. The van der Waals surface area contributed by atoms with E-state index in [4.69, 9.17) is 14.9 Å². The van der Waals surface area contributed by atoms with Crippen LogP contribution in [0.15, 0.2) is 34.7 Å². The quantitative estimate of drug-likeness (QED) is 0.653. The fourth-order valence-corrected chi connectivity index (χ4v) is 2.07. The van der Waals surface area contributed by atoms with E-state index in [2.05, 4.69) is 5.32 Å². The standard InChI is InChI=1S/C13H11N3O5/c14-13(10-3-4-12(21-10)16(18)19)7-1-2-9-8(5-7)15-11(17)6-20-9/h1-5,13H,6,14H2,(H,15,17). The lowest BCUT2D eigenvalue weighted by molar-refractivity contribution is -0.402. The molecule has 0 bridgehead atoms. The van der Waals surface area contributed by atoms with Crippen LogP contribution in [-0.2, 0) is 4.79 Å². The number of nitrogens with two attached hydrogens (primary N) is 1. The van der Waals surface area contributed by atoms with Gasteiger partial charge in [-0.05, 0) is 23.8 Å². The molecule has 8 nitrogen and oxygen atoms in total. The van der Waals surface area contributed by atoms with Crippen LogP contribution in [0.1, 0.15) is 17.4 Å². The van der Waals surface area contributed by atoms with Crippen molar-refractivity contribution in [2.45, 2.75) is 6.04 Å². The molecular weight excluding hydrogens is 278 g/mol. The lowest BCUT2D eigenvalue weighted by Gasteiger charge is -2.19. The largest absolute Gasteiger partial charge is 0.482 e. The van der Waals surface area contributed by atoms with Crippen molar-refractivity contribution in [2.24, 2.45) is 5.73 Å². The van der Waals surface area contributed by atoms with Crippen LogP contribution in [0.5, 0.6) is 5.75 Å². The van der Waals surface area contributed by atoms with Crippen LogP contribution in [0.4, 0.5) is 11.6 Å². The van der Waals surface area contributed by atoms with Crippen molar-refractivity contribution >= 4 is 17.5 Å². The smallest absolute Gasteiger partial charge is 0.433 e. The van der Waals surface area contributed by atoms with Gasteiger partial charge in [0, 0.05) is 0 Å². The molecule has 3 rings (SSSR count). The van der Waals surface area contributed by atoms with E-state index >= 15 is 0 Å². The van der Waals surface area contributed by atoms with Crippen LogP contribution < -0.4 is 15.8 Å².